The highest BCUT2D eigenvalue weighted by Crippen LogP contribution is 2.31. The minimum absolute atomic E-state index is 0.519. The third-order valence-electron chi connectivity index (χ3n) is 5.38. The first-order valence-electron chi connectivity index (χ1n) is 11.1. The summed E-state index contributed by atoms with van der Waals surface area (Å²) >= 11 is 0. The summed E-state index contributed by atoms with van der Waals surface area (Å²) in [5.41, 5.74) is 4.65. The molecule has 1 aromatic heterocycles. The van der Waals surface area contributed by atoms with Crippen LogP contribution in [0.3, 0.4) is 0 Å². The van der Waals surface area contributed by atoms with Gasteiger partial charge in [0.1, 0.15) is 18.1 Å². The minimum atomic E-state index is 0.519. The van der Waals surface area contributed by atoms with Crippen LogP contribution >= 0.6 is 0 Å². The second-order valence-corrected chi connectivity index (χ2v) is 7.77. The molecule has 4 heteroatoms. The molecule has 0 aliphatic carbocycles. The number of unbranched alkanes of at least 4 members (excludes halogenated alkanes) is 1. The number of nitrogens with zero attached hydrogens (tertiary/aromatic N) is 2. The van der Waals surface area contributed by atoms with E-state index in [1.165, 1.54) is 0 Å². The molecule has 4 aromatic rings. The molecule has 0 N–H and O–H groups in total. The van der Waals surface area contributed by atoms with Crippen LogP contribution in [0.1, 0.15) is 35.2 Å². The van der Waals surface area contributed by atoms with Gasteiger partial charge in [-0.15, -0.1) is 0 Å². The van der Waals surface area contributed by atoms with Crippen molar-refractivity contribution in [2.45, 2.75) is 26.4 Å². The molecule has 3 aromatic carbocycles. The Bertz CT molecular complexity index is 1270. The Balaban J connectivity index is 1.40. The molecule has 0 bridgehead atoms. The molecular formula is C29H26N2O2. The Kier molecular flexibility index (Phi) is 7.35. The number of allylic oxidation sites excluding steroid dienone is 1. The van der Waals surface area contributed by atoms with Crippen LogP contribution in [-0.2, 0) is 6.61 Å². The Morgan fingerprint density at radius 1 is 0.909 bits per heavy atom. The molecule has 0 spiro atoms. The molecule has 0 aliphatic rings. The van der Waals surface area contributed by atoms with E-state index in [9.17, 15) is 0 Å². The number of pyridine rings is 1. The van der Waals surface area contributed by atoms with Crippen LogP contribution in [0.4, 0.5) is 0 Å². The van der Waals surface area contributed by atoms with Crippen LogP contribution in [0.25, 0.3) is 17.0 Å². The molecule has 33 heavy (non-hydrogen) atoms. The Labute approximate surface area is 194 Å². The second kappa shape index (κ2) is 11.0. The molecular weight excluding hydrogens is 408 g/mol. The lowest BCUT2D eigenvalue weighted by Gasteiger charge is -2.14. The first kappa shape index (κ1) is 22.1. The molecule has 0 atom stereocenters. The van der Waals surface area contributed by atoms with E-state index >= 15 is 0 Å². The lowest BCUT2D eigenvalue weighted by molar-refractivity contribution is 0.307. The maximum absolute atomic E-state index is 8.86. The van der Waals surface area contributed by atoms with Crippen molar-refractivity contribution in [3.8, 4) is 17.6 Å². The molecule has 1 heterocycles. The fourth-order valence-electron chi connectivity index (χ4n) is 3.58. The highest BCUT2D eigenvalue weighted by Gasteiger charge is 2.11. The number of ether oxygens (including phenoxy) is 2. The maximum Gasteiger partial charge on any atom is 0.134 e. The number of para-hydroxylation sites is 1. The molecule has 0 saturated heterocycles. The van der Waals surface area contributed by atoms with Gasteiger partial charge >= 0.3 is 0 Å². The van der Waals surface area contributed by atoms with Crippen LogP contribution in [-0.4, -0.2) is 11.6 Å². The van der Waals surface area contributed by atoms with Crippen LogP contribution in [0, 0.1) is 18.3 Å². The van der Waals surface area contributed by atoms with Gasteiger partial charge < -0.3 is 9.47 Å². The molecule has 4 rings (SSSR count). The quantitative estimate of drug-likeness (QED) is 0.270. The van der Waals surface area contributed by atoms with E-state index in [-0.39, 0.29) is 0 Å². The minimum Gasteiger partial charge on any atom is -0.494 e. The molecule has 0 radical (unpaired) electrons. The fourth-order valence-corrected chi connectivity index (χ4v) is 3.58. The van der Waals surface area contributed by atoms with Crippen molar-refractivity contribution in [2.75, 3.05) is 6.61 Å². The number of hydrogen-bond donors (Lipinski definition) is 0. The van der Waals surface area contributed by atoms with E-state index in [1.54, 1.807) is 12.1 Å². The number of nitriles is 1. The topological polar surface area (TPSA) is 55.1 Å². The first-order chi connectivity index (χ1) is 16.2. The maximum atomic E-state index is 8.86. The molecule has 0 unspecified atom stereocenters. The van der Waals surface area contributed by atoms with Gasteiger partial charge in [0, 0.05) is 10.9 Å². The lowest BCUT2D eigenvalue weighted by Crippen LogP contribution is -2.01. The number of rotatable bonds is 9. The summed E-state index contributed by atoms with van der Waals surface area (Å²) in [5.74, 6) is 1.67. The monoisotopic (exact) mass is 434 g/mol. The highest BCUT2D eigenvalue weighted by molar-refractivity contribution is 5.88. The van der Waals surface area contributed by atoms with Crippen molar-refractivity contribution in [2.24, 2.45) is 0 Å². The van der Waals surface area contributed by atoms with E-state index in [0.717, 1.165) is 52.1 Å². The van der Waals surface area contributed by atoms with Gasteiger partial charge in [-0.3, -0.25) is 0 Å². The van der Waals surface area contributed by atoms with Crippen molar-refractivity contribution in [1.82, 2.24) is 4.98 Å². The summed E-state index contributed by atoms with van der Waals surface area (Å²) in [6.45, 7) is 3.20. The highest BCUT2D eigenvalue weighted by atomic mass is 16.5. The average molecular weight is 435 g/mol. The van der Waals surface area contributed by atoms with E-state index in [2.05, 4.69) is 43.3 Å². The lowest BCUT2D eigenvalue weighted by atomic mass is 10.1. The predicted octanol–water partition coefficient (Wildman–Crippen LogP) is 6.87. The summed E-state index contributed by atoms with van der Waals surface area (Å²) in [4.78, 5) is 4.85. The summed E-state index contributed by atoms with van der Waals surface area (Å²) < 4.78 is 12.0. The summed E-state index contributed by atoms with van der Waals surface area (Å²) in [7, 11) is 0. The standard InChI is InChI=1S/C29H26N2O2/c1-22-27(13-6-3-9-19-32-25-17-15-23(20-30)16-18-25)31-28-14-8-7-12-26(28)29(22)33-21-24-10-4-2-5-11-24/h2,4-8,10-18H,3,9,19,21H2,1H3. The zero-order valence-electron chi connectivity index (χ0n) is 18.7. The van der Waals surface area contributed by atoms with Crippen molar-refractivity contribution in [3.63, 3.8) is 0 Å². The largest absolute Gasteiger partial charge is 0.494 e. The van der Waals surface area contributed by atoms with Crippen LogP contribution < -0.4 is 9.47 Å². The molecule has 0 amide bonds. The van der Waals surface area contributed by atoms with Crippen LogP contribution in [0.2, 0.25) is 0 Å². The number of benzene rings is 3. The third-order valence-corrected chi connectivity index (χ3v) is 5.38. The van der Waals surface area contributed by atoms with E-state index in [1.807, 2.05) is 48.5 Å². The van der Waals surface area contributed by atoms with Gasteiger partial charge in [-0.25, -0.2) is 4.98 Å². The first-order valence-corrected chi connectivity index (χ1v) is 11.1. The van der Waals surface area contributed by atoms with Crippen molar-refractivity contribution >= 4 is 17.0 Å². The smallest absolute Gasteiger partial charge is 0.134 e. The number of aromatic nitrogens is 1. The van der Waals surface area contributed by atoms with Gasteiger partial charge in [0.25, 0.3) is 0 Å². The van der Waals surface area contributed by atoms with Gasteiger partial charge in [-0.1, -0.05) is 48.5 Å². The van der Waals surface area contributed by atoms with Gasteiger partial charge in [0.15, 0.2) is 0 Å². The van der Waals surface area contributed by atoms with Gasteiger partial charge in [-0.2, -0.15) is 5.26 Å². The SMILES string of the molecule is Cc1c(C=CCCCOc2ccc(C#N)cc2)nc2ccccc2c1OCc1ccccc1. The summed E-state index contributed by atoms with van der Waals surface area (Å²) in [6, 6.07) is 27.6. The number of hydrogen-bond acceptors (Lipinski definition) is 4. The average Bonchev–Trinajstić information content (AvgIpc) is 2.87. The number of fused-ring (bicyclic) bond motifs is 1. The molecule has 4 nitrogen and oxygen atoms in total. The molecule has 164 valence electrons. The van der Waals surface area contributed by atoms with E-state index < -0.39 is 0 Å². The van der Waals surface area contributed by atoms with E-state index in [4.69, 9.17) is 19.7 Å². The zero-order valence-corrected chi connectivity index (χ0v) is 18.7. The zero-order chi connectivity index (χ0) is 22.9. The predicted molar refractivity (Wildman–Crippen MR) is 132 cm³/mol. The molecule has 0 saturated carbocycles. The Morgan fingerprint density at radius 2 is 1.67 bits per heavy atom. The molecule has 0 aliphatic heterocycles. The normalized spacial score (nSPS) is 10.9. The van der Waals surface area contributed by atoms with Gasteiger partial charge in [-0.05, 0) is 67.8 Å². The second-order valence-electron chi connectivity index (χ2n) is 7.77. The Morgan fingerprint density at radius 3 is 2.45 bits per heavy atom. The van der Waals surface area contributed by atoms with Crippen LogP contribution in [0.5, 0.6) is 11.5 Å². The summed E-state index contributed by atoms with van der Waals surface area (Å²) in [6.07, 6.45) is 5.97. The van der Waals surface area contributed by atoms with Crippen molar-refractivity contribution < 1.29 is 9.47 Å². The van der Waals surface area contributed by atoms with Crippen molar-refractivity contribution in [3.05, 3.63) is 107 Å². The fraction of sp³-hybridized carbons (Fsp3) is 0.172. The van der Waals surface area contributed by atoms with Gasteiger partial charge in [0.05, 0.1) is 29.5 Å². The van der Waals surface area contributed by atoms with Crippen molar-refractivity contribution in [1.29, 1.82) is 5.26 Å². The summed E-state index contributed by atoms with van der Waals surface area (Å²) in [5, 5.41) is 9.89. The Hall–Kier alpha value is -4.10. The van der Waals surface area contributed by atoms with Crippen LogP contribution in [0.15, 0.2) is 84.9 Å². The van der Waals surface area contributed by atoms with E-state index in [0.29, 0.717) is 18.8 Å². The van der Waals surface area contributed by atoms with Gasteiger partial charge in [0.2, 0.25) is 0 Å². The molecule has 0 fully saturated rings. The third kappa shape index (κ3) is 5.78.